The second-order valence-corrected chi connectivity index (χ2v) is 7.01. The maximum absolute atomic E-state index is 5.57. The number of benzene rings is 2. The molecular formula is C23H26N2O. The van der Waals surface area contributed by atoms with E-state index in [-0.39, 0.29) is 0 Å². The fourth-order valence-corrected chi connectivity index (χ4v) is 3.19. The molecule has 0 radical (unpaired) electrons. The first-order chi connectivity index (χ1) is 12.5. The summed E-state index contributed by atoms with van der Waals surface area (Å²) in [6.45, 7) is 12.8. The van der Waals surface area contributed by atoms with Gasteiger partial charge in [-0.15, -0.1) is 0 Å². The lowest BCUT2D eigenvalue weighted by molar-refractivity contribution is 0.235. The summed E-state index contributed by atoms with van der Waals surface area (Å²) in [4.78, 5) is 4.87. The predicted molar refractivity (Wildman–Crippen MR) is 111 cm³/mol. The molecule has 0 aliphatic carbocycles. The molecule has 2 aromatic carbocycles. The number of hydrogen-bond acceptors (Lipinski definition) is 3. The number of nitrogens with one attached hydrogen (secondary N) is 1. The summed E-state index contributed by atoms with van der Waals surface area (Å²) in [5, 5.41) is 6.62. The molecule has 3 nitrogen and oxygen atoms in total. The van der Waals surface area contributed by atoms with Crippen LogP contribution in [0.25, 0.3) is 27.2 Å². The van der Waals surface area contributed by atoms with Gasteiger partial charge in [0.1, 0.15) is 6.61 Å². The summed E-state index contributed by atoms with van der Waals surface area (Å²) in [5.41, 5.74) is 4.05. The summed E-state index contributed by atoms with van der Waals surface area (Å²) in [5.74, 6) is 1.08. The maximum atomic E-state index is 5.57. The quantitative estimate of drug-likeness (QED) is 0.465. The zero-order chi connectivity index (χ0) is 18.7. The van der Waals surface area contributed by atoms with Gasteiger partial charge < -0.3 is 10.1 Å². The Labute approximate surface area is 155 Å². The number of pyridine rings is 1. The lowest BCUT2D eigenvalue weighted by Gasteiger charge is -2.15. The first kappa shape index (κ1) is 18.0. The topological polar surface area (TPSA) is 34.1 Å². The molecule has 1 aromatic heterocycles. The Hall–Kier alpha value is -2.81. The van der Waals surface area contributed by atoms with Gasteiger partial charge in [0.05, 0.1) is 11.2 Å². The summed E-state index contributed by atoms with van der Waals surface area (Å²) >= 11 is 0. The van der Waals surface area contributed by atoms with Crippen molar-refractivity contribution in [2.45, 2.75) is 20.3 Å². The highest BCUT2D eigenvalue weighted by molar-refractivity contribution is 6.08. The summed E-state index contributed by atoms with van der Waals surface area (Å²) < 4.78 is 5.57. The molecule has 3 heteroatoms. The zero-order valence-corrected chi connectivity index (χ0v) is 15.8. The highest BCUT2D eigenvalue weighted by Gasteiger charge is 2.13. The second kappa shape index (κ2) is 7.61. The first-order valence-electron chi connectivity index (χ1n) is 8.98. The monoisotopic (exact) mass is 346 g/mol. The van der Waals surface area contributed by atoms with Crippen LogP contribution < -0.4 is 5.32 Å². The Bertz CT molecular complexity index is 973. The van der Waals surface area contributed by atoms with Crippen molar-refractivity contribution in [2.24, 2.45) is 5.92 Å². The van der Waals surface area contributed by atoms with Gasteiger partial charge in [-0.05, 0) is 47.4 Å². The van der Waals surface area contributed by atoms with Gasteiger partial charge in [0.15, 0.2) is 5.88 Å². The van der Waals surface area contributed by atoms with Gasteiger partial charge in [-0.25, -0.2) is 4.98 Å². The number of fused-ring (bicyclic) bond motifs is 3. The summed E-state index contributed by atoms with van der Waals surface area (Å²) in [6.07, 6.45) is 0.997. The molecule has 1 N–H and O–H groups in total. The van der Waals surface area contributed by atoms with Crippen LogP contribution in [0.2, 0.25) is 0 Å². The molecule has 0 unspecified atom stereocenters. The van der Waals surface area contributed by atoms with E-state index >= 15 is 0 Å². The van der Waals surface area contributed by atoms with Crippen LogP contribution in [0.3, 0.4) is 0 Å². The van der Waals surface area contributed by atoms with Crippen LogP contribution in [0.1, 0.15) is 25.1 Å². The lowest BCUT2D eigenvalue weighted by atomic mass is 9.94. The fourth-order valence-electron chi connectivity index (χ4n) is 3.19. The second-order valence-electron chi connectivity index (χ2n) is 7.01. The Morgan fingerprint density at radius 2 is 1.92 bits per heavy atom. The van der Waals surface area contributed by atoms with Gasteiger partial charge in [0.25, 0.3) is 0 Å². The standard InChI is InChI=1S/C23H26N2O/c1-15(2)12-19-13-22(16(3)14-26-17(4)24-5)25-21-11-10-18-8-6-7-9-20(18)23(19)21/h6-11,13,15,24H,3-4,12,14H2,1-2,5H3. The average molecular weight is 346 g/mol. The van der Waals surface area contributed by atoms with Crippen LogP contribution in [0.5, 0.6) is 0 Å². The molecule has 0 aliphatic heterocycles. The largest absolute Gasteiger partial charge is 0.475 e. The SMILES string of the molecule is C=C(NC)OCC(=C)c1cc(CC(C)C)c2c(ccc3ccccc32)n1. The molecular weight excluding hydrogens is 320 g/mol. The minimum absolute atomic E-state index is 0.368. The average Bonchev–Trinajstić information content (AvgIpc) is 2.64. The maximum Gasteiger partial charge on any atom is 0.179 e. The fraction of sp³-hybridized carbons (Fsp3) is 0.261. The smallest absolute Gasteiger partial charge is 0.179 e. The molecule has 0 spiro atoms. The van der Waals surface area contributed by atoms with Crippen LogP contribution >= 0.6 is 0 Å². The van der Waals surface area contributed by atoms with Gasteiger partial charge in [-0.3, -0.25) is 0 Å². The van der Waals surface area contributed by atoms with E-state index in [1.807, 2.05) is 0 Å². The summed E-state index contributed by atoms with van der Waals surface area (Å²) in [6, 6.07) is 14.9. The van der Waals surface area contributed by atoms with E-state index in [0.29, 0.717) is 18.4 Å². The molecule has 3 rings (SSSR count). The van der Waals surface area contributed by atoms with Crippen molar-refractivity contribution in [1.82, 2.24) is 10.3 Å². The third-order valence-electron chi connectivity index (χ3n) is 4.47. The third kappa shape index (κ3) is 3.72. The zero-order valence-electron chi connectivity index (χ0n) is 15.8. The van der Waals surface area contributed by atoms with E-state index in [0.717, 1.165) is 23.2 Å². The molecule has 0 amide bonds. The molecule has 1 heterocycles. The van der Waals surface area contributed by atoms with E-state index in [4.69, 9.17) is 9.72 Å². The van der Waals surface area contributed by atoms with E-state index in [9.17, 15) is 0 Å². The predicted octanol–water partition coefficient (Wildman–Crippen LogP) is 5.31. The molecule has 3 aromatic rings. The lowest BCUT2D eigenvalue weighted by Crippen LogP contribution is -2.10. The van der Waals surface area contributed by atoms with Crippen molar-refractivity contribution in [3.8, 4) is 0 Å². The van der Waals surface area contributed by atoms with Crippen molar-refractivity contribution >= 4 is 27.2 Å². The molecule has 134 valence electrons. The summed E-state index contributed by atoms with van der Waals surface area (Å²) in [7, 11) is 1.78. The molecule has 0 aliphatic rings. The molecule has 0 saturated heterocycles. The Morgan fingerprint density at radius 1 is 1.15 bits per heavy atom. The van der Waals surface area contributed by atoms with Gasteiger partial charge in [0.2, 0.25) is 0 Å². The van der Waals surface area contributed by atoms with Crippen LogP contribution in [-0.4, -0.2) is 18.6 Å². The van der Waals surface area contributed by atoms with Gasteiger partial charge in [0, 0.05) is 18.0 Å². The highest BCUT2D eigenvalue weighted by atomic mass is 16.5. The van der Waals surface area contributed by atoms with Crippen LogP contribution in [0, 0.1) is 5.92 Å². The molecule has 0 saturated carbocycles. The Morgan fingerprint density at radius 3 is 2.65 bits per heavy atom. The number of aromatic nitrogens is 1. The van der Waals surface area contributed by atoms with E-state index in [1.54, 1.807) is 7.05 Å². The Balaban J connectivity index is 2.11. The molecule has 0 atom stereocenters. The van der Waals surface area contributed by atoms with Gasteiger partial charge >= 0.3 is 0 Å². The van der Waals surface area contributed by atoms with E-state index < -0.39 is 0 Å². The van der Waals surface area contributed by atoms with Gasteiger partial charge in [-0.1, -0.05) is 50.8 Å². The molecule has 26 heavy (non-hydrogen) atoms. The Kier molecular flexibility index (Phi) is 5.27. The van der Waals surface area contributed by atoms with Gasteiger partial charge in [-0.2, -0.15) is 0 Å². The van der Waals surface area contributed by atoms with Crippen molar-refractivity contribution in [3.63, 3.8) is 0 Å². The third-order valence-corrected chi connectivity index (χ3v) is 4.47. The highest BCUT2D eigenvalue weighted by Crippen LogP contribution is 2.30. The van der Waals surface area contributed by atoms with Crippen molar-refractivity contribution in [3.05, 3.63) is 72.8 Å². The molecule has 0 bridgehead atoms. The van der Waals surface area contributed by atoms with Crippen molar-refractivity contribution < 1.29 is 4.74 Å². The van der Waals surface area contributed by atoms with Crippen LogP contribution in [0.15, 0.2) is 61.5 Å². The number of hydrogen-bond donors (Lipinski definition) is 1. The van der Waals surface area contributed by atoms with Crippen molar-refractivity contribution in [2.75, 3.05) is 13.7 Å². The van der Waals surface area contributed by atoms with Crippen molar-refractivity contribution in [1.29, 1.82) is 0 Å². The minimum Gasteiger partial charge on any atom is -0.475 e. The van der Waals surface area contributed by atoms with Crippen LogP contribution in [0.4, 0.5) is 0 Å². The number of ether oxygens (including phenoxy) is 1. The minimum atomic E-state index is 0.368. The first-order valence-corrected chi connectivity index (χ1v) is 8.98. The molecule has 0 fully saturated rings. The van der Waals surface area contributed by atoms with E-state index in [2.05, 4.69) is 74.8 Å². The van der Waals surface area contributed by atoms with Crippen LogP contribution in [-0.2, 0) is 11.2 Å². The number of rotatable bonds is 7. The normalized spacial score (nSPS) is 11.1. The van der Waals surface area contributed by atoms with E-state index in [1.165, 1.54) is 21.7 Å². The number of nitrogens with zero attached hydrogens (tertiary/aromatic N) is 1.